The molecule has 2 atom stereocenters. The maximum atomic E-state index is 13.9. The van der Waals surface area contributed by atoms with Gasteiger partial charge in [0, 0.05) is 36.3 Å². The fourth-order valence-corrected chi connectivity index (χ4v) is 4.52. The topological polar surface area (TPSA) is 150 Å². The molecule has 3 amide bonds. The maximum absolute atomic E-state index is 13.9. The summed E-state index contributed by atoms with van der Waals surface area (Å²) in [5, 5.41) is 23.2. The van der Waals surface area contributed by atoms with Crippen LogP contribution in [0.5, 0.6) is 0 Å². The molecular weight excluding hydrogens is 542 g/mol. The van der Waals surface area contributed by atoms with Crippen LogP contribution in [0.15, 0.2) is 66.7 Å². The summed E-state index contributed by atoms with van der Waals surface area (Å²) in [7, 11) is 0. The largest absolute Gasteiger partial charge is 0.481 e. The first-order valence-corrected chi connectivity index (χ1v) is 12.4. The van der Waals surface area contributed by atoms with Gasteiger partial charge in [-0.1, -0.05) is 29.8 Å². The van der Waals surface area contributed by atoms with Crippen LogP contribution in [0.4, 0.5) is 14.5 Å². The fourth-order valence-electron chi connectivity index (χ4n) is 4.52. The van der Waals surface area contributed by atoms with Gasteiger partial charge in [0.1, 0.15) is 0 Å². The molecular formula is C28H24F2N4O7. The number of amides is 3. The minimum absolute atomic E-state index is 0.0966. The Balaban J connectivity index is 1.71. The van der Waals surface area contributed by atoms with Gasteiger partial charge in [0.05, 0.1) is 17.4 Å². The molecule has 41 heavy (non-hydrogen) atoms. The molecule has 1 saturated heterocycles. The van der Waals surface area contributed by atoms with Gasteiger partial charge in [-0.3, -0.25) is 29.3 Å². The van der Waals surface area contributed by atoms with Gasteiger partial charge in [-0.05, 0) is 42.8 Å². The Morgan fingerprint density at radius 3 is 2.15 bits per heavy atom. The van der Waals surface area contributed by atoms with Gasteiger partial charge in [0.2, 0.25) is 0 Å². The Morgan fingerprint density at radius 2 is 1.56 bits per heavy atom. The molecule has 0 bridgehead atoms. The van der Waals surface area contributed by atoms with Crippen LogP contribution in [0.1, 0.15) is 44.3 Å². The van der Waals surface area contributed by atoms with E-state index in [1.165, 1.54) is 18.2 Å². The Labute approximate surface area is 232 Å². The summed E-state index contributed by atoms with van der Waals surface area (Å²) in [5.41, 5.74) is 0.603. The van der Waals surface area contributed by atoms with Crippen LogP contribution in [0.25, 0.3) is 0 Å². The fraction of sp³-hybridized carbons (Fsp3) is 0.214. The van der Waals surface area contributed by atoms with Crippen LogP contribution in [0, 0.1) is 28.7 Å². The zero-order valence-corrected chi connectivity index (χ0v) is 21.6. The number of carbonyl (C=O) groups excluding carboxylic acids is 3. The van der Waals surface area contributed by atoms with Crippen LogP contribution in [0.2, 0.25) is 0 Å². The van der Waals surface area contributed by atoms with E-state index in [0.717, 1.165) is 33.6 Å². The number of aliphatic carboxylic acids is 1. The van der Waals surface area contributed by atoms with Crippen LogP contribution in [-0.4, -0.2) is 62.8 Å². The molecule has 1 aliphatic rings. The van der Waals surface area contributed by atoms with Crippen molar-refractivity contribution in [2.24, 2.45) is 0 Å². The Kier molecular flexibility index (Phi) is 8.36. The number of rotatable bonds is 8. The molecule has 0 radical (unpaired) electrons. The number of carboxylic acid groups (broad SMARTS) is 1. The molecule has 0 spiro atoms. The number of aryl methyl sites for hydroxylation is 1. The Bertz CT molecular complexity index is 1530. The van der Waals surface area contributed by atoms with Crippen molar-refractivity contribution < 1.29 is 38.0 Å². The van der Waals surface area contributed by atoms with Gasteiger partial charge < -0.3 is 20.2 Å². The first kappa shape index (κ1) is 28.8. The summed E-state index contributed by atoms with van der Waals surface area (Å²) in [6.45, 7) is 1.58. The van der Waals surface area contributed by atoms with E-state index in [9.17, 15) is 43.2 Å². The second-order valence-electron chi connectivity index (χ2n) is 9.38. The van der Waals surface area contributed by atoms with Crippen molar-refractivity contribution >= 4 is 29.4 Å². The van der Waals surface area contributed by atoms with Crippen LogP contribution >= 0.6 is 0 Å². The highest BCUT2D eigenvalue weighted by Crippen LogP contribution is 2.26. The average Bonchev–Trinajstić information content (AvgIpc) is 3.39. The van der Waals surface area contributed by atoms with Crippen molar-refractivity contribution in [2.45, 2.75) is 25.6 Å². The first-order valence-electron chi connectivity index (χ1n) is 12.4. The molecule has 3 aromatic carbocycles. The summed E-state index contributed by atoms with van der Waals surface area (Å²) < 4.78 is 27.4. The maximum Gasteiger partial charge on any atom is 0.305 e. The Hall–Kier alpha value is -5.20. The molecule has 0 saturated carbocycles. The molecule has 2 N–H and O–H groups in total. The number of nitrogens with zero attached hydrogens (tertiary/aromatic N) is 3. The number of carboxylic acids is 1. The lowest BCUT2D eigenvalue weighted by atomic mass is 10.0. The number of non-ortho nitro benzene ring substituents is 1. The van der Waals surface area contributed by atoms with Crippen molar-refractivity contribution in [1.29, 1.82) is 0 Å². The van der Waals surface area contributed by atoms with Gasteiger partial charge in [0.25, 0.3) is 23.4 Å². The highest BCUT2D eigenvalue weighted by Gasteiger charge is 2.44. The molecule has 212 valence electrons. The molecule has 2 unspecified atom stereocenters. The van der Waals surface area contributed by atoms with Crippen molar-refractivity contribution in [2.75, 3.05) is 13.1 Å². The lowest BCUT2D eigenvalue weighted by Gasteiger charge is -2.31. The van der Waals surface area contributed by atoms with E-state index in [1.54, 1.807) is 24.3 Å². The molecule has 1 aliphatic heterocycles. The second-order valence-corrected chi connectivity index (χ2v) is 9.38. The van der Waals surface area contributed by atoms with E-state index in [1.807, 2.05) is 6.92 Å². The number of nitrogens with one attached hydrogen (secondary N) is 1. The van der Waals surface area contributed by atoms with Crippen LogP contribution in [-0.2, 0) is 9.59 Å². The molecule has 4 rings (SSSR count). The summed E-state index contributed by atoms with van der Waals surface area (Å²) in [4.78, 5) is 64.9. The zero-order chi connectivity index (χ0) is 29.8. The van der Waals surface area contributed by atoms with E-state index in [0.29, 0.717) is 6.07 Å². The highest BCUT2D eigenvalue weighted by molar-refractivity contribution is 6.02. The molecule has 1 heterocycles. The standard InChI is InChI=1S/C28H24F2N4O7/c1-16-5-7-17(8-6-16)27(38)32-11-12-33(28(39)19-9-10-21(29)22(30)14-19)26(32)25(37)31-23(15-24(35)36)18-3-2-4-20(13-18)34(40)41/h2-10,13-14,23,26H,11-12,15H2,1H3,(H,31,37)(H,35,36). The van der Waals surface area contributed by atoms with Gasteiger partial charge in [0.15, 0.2) is 17.8 Å². The third-order valence-electron chi connectivity index (χ3n) is 6.57. The summed E-state index contributed by atoms with van der Waals surface area (Å²) in [5.74, 6) is -6.20. The predicted molar refractivity (Wildman–Crippen MR) is 140 cm³/mol. The third-order valence-corrected chi connectivity index (χ3v) is 6.57. The van der Waals surface area contributed by atoms with Gasteiger partial charge in [-0.15, -0.1) is 0 Å². The zero-order valence-electron chi connectivity index (χ0n) is 21.6. The van der Waals surface area contributed by atoms with Crippen molar-refractivity contribution in [1.82, 2.24) is 15.1 Å². The number of nitro benzene ring substituents is 1. The van der Waals surface area contributed by atoms with Crippen LogP contribution in [0.3, 0.4) is 0 Å². The van der Waals surface area contributed by atoms with E-state index in [-0.39, 0.29) is 35.5 Å². The Morgan fingerprint density at radius 1 is 0.951 bits per heavy atom. The number of carbonyl (C=O) groups is 4. The molecule has 0 aliphatic carbocycles. The number of nitro groups is 1. The minimum Gasteiger partial charge on any atom is -0.481 e. The molecule has 1 fully saturated rings. The quantitative estimate of drug-likeness (QED) is 0.313. The summed E-state index contributed by atoms with van der Waals surface area (Å²) >= 11 is 0. The SMILES string of the molecule is Cc1ccc(C(=O)N2CCN(C(=O)c3ccc(F)c(F)c3)C2C(=O)NC(CC(=O)O)c2cccc([N+](=O)[O-])c2)cc1. The van der Waals surface area contributed by atoms with E-state index in [4.69, 9.17) is 0 Å². The van der Waals surface area contributed by atoms with E-state index < -0.39 is 58.9 Å². The highest BCUT2D eigenvalue weighted by atomic mass is 19.2. The average molecular weight is 567 g/mol. The minimum atomic E-state index is -1.60. The molecule has 0 aromatic heterocycles. The molecule has 11 nitrogen and oxygen atoms in total. The summed E-state index contributed by atoms with van der Waals surface area (Å²) in [6.07, 6.45) is -2.26. The number of halogens is 2. The van der Waals surface area contributed by atoms with E-state index in [2.05, 4.69) is 5.32 Å². The van der Waals surface area contributed by atoms with Gasteiger partial charge >= 0.3 is 5.97 Å². The van der Waals surface area contributed by atoms with Crippen molar-refractivity contribution in [3.63, 3.8) is 0 Å². The molecule has 13 heteroatoms. The second kappa shape index (κ2) is 11.9. The third kappa shape index (κ3) is 6.35. The lowest BCUT2D eigenvalue weighted by molar-refractivity contribution is -0.384. The smallest absolute Gasteiger partial charge is 0.305 e. The molecule has 3 aromatic rings. The normalized spacial score (nSPS) is 15.3. The number of hydrogen-bond donors (Lipinski definition) is 2. The first-order chi connectivity index (χ1) is 19.5. The van der Waals surface area contributed by atoms with Gasteiger partial charge in [-0.25, -0.2) is 8.78 Å². The van der Waals surface area contributed by atoms with Gasteiger partial charge in [-0.2, -0.15) is 0 Å². The summed E-state index contributed by atoms with van der Waals surface area (Å²) in [6, 6.07) is 12.7. The van der Waals surface area contributed by atoms with E-state index >= 15 is 0 Å². The van der Waals surface area contributed by atoms with Crippen molar-refractivity contribution in [3.05, 3.63) is 111 Å². The number of hydrogen-bond acceptors (Lipinski definition) is 6. The number of benzene rings is 3. The predicted octanol–water partition coefficient (Wildman–Crippen LogP) is 3.44. The monoisotopic (exact) mass is 566 g/mol. The van der Waals surface area contributed by atoms with Crippen LogP contribution < -0.4 is 5.32 Å². The van der Waals surface area contributed by atoms with Crippen molar-refractivity contribution in [3.8, 4) is 0 Å². The lowest BCUT2D eigenvalue weighted by Crippen LogP contribution is -2.54.